The fourth-order valence-corrected chi connectivity index (χ4v) is 2.08. The number of halogens is 2. The first-order chi connectivity index (χ1) is 9.47. The second-order valence-electron chi connectivity index (χ2n) is 4.02. The van der Waals surface area contributed by atoms with Gasteiger partial charge >= 0.3 is 0 Å². The van der Waals surface area contributed by atoms with Crippen molar-refractivity contribution in [2.75, 3.05) is 5.32 Å². The highest BCUT2D eigenvalue weighted by atomic mass is 79.9. The van der Waals surface area contributed by atoms with E-state index in [0.29, 0.717) is 21.3 Å². The minimum atomic E-state index is -0.385. The molecule has 0 saturated carbocycles. The summed E-state index contributed by atoms with van der Waals surface area (Å²) in [5.74, 6) is -0.679. The van der Waals surface area contributed by atoms with Crippen LogP contribution in [0.4, 0.5) is 10.1 Å². The number of carbonyl (C=O) groups is 1. The first kappa shape index (κ1) is 14.6. The van der Waals surface area contributed by atoms with Gasteiger partial charge in [-0.15, -0.1) is 0 Å². The first-order valence-corrected chi connectivity index (χ1v) is 6.84. The van der Waals surface area contributed by atoms with Crippen molar-refractivity contribution in [3.63, 3.8) is 0 Å². The van der Waals surface area contributed by atoms with Crippen LogP contribution < -0.4 is 11.1 Å². The lowest BCUT2D eigenvalue weighted by atomic mass is 10.1. The molecule has 2 rings (SSSR count). The van der Waals surface area contributed by atoms with Crippen LogP contribution in [0.2, 0.25) is 0 Å². The molecule has 3 nitrogen and oxygen atoms in total. The van der Waals surface area contributed by atoms with E-state index in [-0.39, 0.29) is 16.7 Å². The standard InChI is InChI=1S/C14H10BrFN2OS/c15-11-7-10(5-6-12(11)16)18-14(19)9-3-1-8(2-4-9)13(17)20/h1-7H,(H2,17,20)(H,18,19). The van der Waals surface area contributed by atoms with E-state index in [1.54, 1.807) is 24.3 Å². The summed E-state index contributed by atoms with van der Waals surface area (Å²) < 4.78 is 13.4. The molecule has 0 unspecified atom stereocenters. The van der Waals surface area contributed by atoms with E-state index in [0.717, 1.165) is 0 Å². The van der Waals surface area contributed by atoms with E-state index in [4.69, 9.17) is 18.0 Å². The molecule has 0 aliphatic heterocycles. The molecule has 0 atom stereocenters. The van der Waals surface area contributed by atoms with Crippen LogP contribution in [0.15, 0.2) is 46.9 Å². The van der Waals surface area contributed by atoms with Gasteiger partial charge in [0.05, 0.1) is 4.47 Å². The summed E-state index contributed by atoms with van der Waals surface area (Å²) in [6.07, 6.45) is 0. The zero-order valence-electron chi connectivity index (χ0n) is 10.2. The van der Waals surface area contributed by atoms with Crippen LogP contribution in [0.3, 0.4) is 0 Å². The van der Waals surface area contributed by atoms with Gasteiger partial charge in [0.2, 0.25) is 0 Å². The highest BCUT2D eigenvalue weighted by Gasteiger charge is 2.08. The predicted octanol–water partition coefficient (Wildman–Crippen LogP) is 3.47. The molecule has 0 aromatic heterocycles. The smallest absolute Gasteiger partial charge is 0.255 e. The Kier molecular flexibility index (Phi) is 4.46. The molecule has 6 heteroatoms. The third-order valence-electron chi connectivity index (χ3n) is 2.61. The maximum atomic E-state index is 13.1. The molecule has 0 saturated heterocycles. The average Bonchev–Trinajstić information content (AvgIpc) is 2.43. The number of hydrogen-bond donors (Lipinski definition) is 2. The molecule has 1 amide bonds. The van der Waals surface area contributed by atoms with E-state index in [1.165, 1.54) is 18.2 Å². The summed E-state index contributed by atoms with van der Waals surface area (Å²) >= 11 is 7.90. The Balaban J connectivity index is 2.15. The van der Waals surface area contributed by atoms with Gasteiger partial charge in [-0.1, -0.05) is 24.4 Å². The predicted molar refractivity (Wildman–Crippen MR) is 84.4 cm³/mol. The normalized spacial score (nSPS) is 10.1. The number of thiocarbonyl (C=S) groups is 1. The van der Waals surface area contributed by atoms with E-state index >= 15 is 0 Å². The van der Waals surface area contributed by atoms with Gasteiger partial charge in [0.25, 0.3) is 5.91 Å². The molecule has 20 heavy (non-hydrogen) atoms. The number of carbonyl (C=O) groups excluding carboxylic acids is 1. The minimum absolute atomic E-state index is 0.277. The summed E-state index contributed by atoms with van der Waals surface area (Å²) in [5.41, 5.74) is 7.14. The Morgan fingerprint density at radius 3 is 2.30 bits per heavy atom. The second kappa shape index (κ2) is 6.11. The summed E-state index contributed by atoms with van der Waals surface area (Å²) in [7, 11) is 0. The van der Waals surface area contributed by atoms with Crippen molar-refractivity contribution in [1.29, 1.82) is 0 Å². The summed E-state index contributed by atoms with van der Waals surface area (Å²) in [6, 6.07) is 10.9. The molecule has 2 aromatic rings. The van der Waals surface area contributed by atoms with Crippen LogP contribution in [0, 0.1) is 5.82 Å². The van der Waals surface area contributed by atoms with Crippen molar-refractivity contribution >= 4 is 44.7 Å². The molecule has 0 fully saturated rings. The SMILES string of the molecule is NC(=S)c1ccc(C(=O)Nc2ccc(F)c(Br)c2)cc1. The van der Waals surface area contributed by atoms with Gasteiger partial charge in [-0.3, -0.25) is 4.79 Å². The number of nitrogens with two attached hydrogens (primary N) is 1. The zero-order chi connectivity index (χ0) is 14.7. The quantitative estimate of drug-likeness (QED) is 0.831. The molecule has 0 heterocycles. The Morgan fingerprint density at radius 2 is 1.75 bits per heavy atom. The maximum absolute atomic E-state index is 13.1. The highest BCUT2D eigenvalue weighted by molar-refractivity contribution is 9.10. The van der Waals surface area contributed by atoms with Crippen molar-refractivity contribution in [3.05, 3.63) is 63.9 Å². The molecule has 0 aliphatic rings. The minimum Gasteiger partial charge on any atom is -0.389 e. The lowest BCUT2D eigenvalue weighted by Gasteiger charge is -2.07. The molecular weight excluding hydrogens is 343 g/mol. The number of nitrogens with one attached hydrogen (secondary N) is 1. The monoisotopic (exact) mass is 352 g/mol. The van der Waals surface area contributed by atoms with E-state index in [9.17, 15) is 9.18 Å². The van der Waals surface area contributed by atoms with Crippen molar-refractivity contribution in [2.24, 2.45) is 5.73 Å². The van der Waals surface area contributed by atoms with E-state index in [1.807, 2.05) is 0 Å². The Morgan fingerprint density at radius 1 is 1.15 bits per heavy atom. The van der Waals surface area contributed by atoms with E-state index < -0.39 is 0 Å². The number of benzene rings is 2. The lowest BCUT2D eigenvalue weighted by molar-refractivity contribution is 0.102. The number of amides is 1. The maximum Gasteiger partial charge on any atom is 0.255 e. The van der Waals surface area contributed by atoms with Crippen molar-refractivity contribution < 1.29 is 9.18 Å². The van der Waals surface area contributed by atoms with Crippen molar-refractivity contribution in [1.82, 2.24) is 0 Å². The number of rotatable bonds is 3. The molecule has 0 radical (unpaired) electrons. The topological polar surface area (TPSA) is 55.1 Å². The van der Waals surface area contributed by atoms with Gasteiger partial charge in [-0.2, -0.15) is 0 Å². The molecule has 0 bridgehead atoms. The van der Waals surface area contributed by atoms with Gasteiger partial charge in [-0.25, -0.2) is 4.39 Å². The van der Waals surface area contributed by atoms with Crippen LogP contribution in [0.1, 0.15) is 15.9 Å². The van der Waals surface area contributed by atoms with Gasteiger partial charge in [0.15, 0.2) is 0 Å². The van der Waals surface area contributed by atoms with E-state index in [2.05, 4.69) is 21.2 Å². The molecule has 3 N–H and O–H groups in total. The lowest BCUT2D eigenvalue weighted by Crippen LogP contribution is -2.13. The molecule has 0 aliphatic carbocycles. The number of hydrogen-bond acceptors (Lipinski definition) is 2. The fraction of sp³-hybridized carbons (Fsp3) is 0. The molecule has 102 valence electrons. The number of anilines is 1. The van der Waals surface area contributed by atoms with Crippen molar-refractivity contribution in [2.45, 2.75) is 0 Å². The third-order valence-corrected chi connectivity index (χ3v) is 3.45. The van der Waals surface area contributed by atoms with Crippen LogP contribution in [-0.2, 0) is 0 Å². The van der Waals surface area contributed by atoms with Gasteiger partial charge in [0, 0.05) is 16.8 Å². The van der Waals surface area contributed by atoms with Crippen LogP contribution in [-0.4, -0.2) is 10.9 Å². The second-order valence-corrected chi connectivity index (χ2v) is 5.32. The fourth-order valence-electron chi connectivity index (χ4n) is 1.56. The van der Waals surface area contributed by atoms with Crippen LogP contribution in [0.5, 0.6) is 0 Å². The Bertz CT molecular complexity index is 673. The summed E-state index contributed by atoms with van der Waals surface area (Å²) in [6.45, 7) is 0. The Labute approximate surface area is 129 Å². The van der Waals surface area contributed by atoms with Crippen molar-refractivity contribution in [3.8, 4) is 0 Å². The Hall–Kier alpha value is -1.79. The summed E-state index contributed by atoms with van der Waals surface area (Å²) in [5, 5.41) is 2.68. The zero-order valence-corrected chi connectivity index (χ0v) is 12.6. The molecule has 2 aromatic carbocycles. The highest BCUT2D eigenvalue weighted by Crippen LogP contribution is 2.20. The van der Waals surface area contributed by atoms with Crippen LogP contribution in [0.25, 0.3) is 0 Å². The molecule has 0 spiro atoms. The molecular formula is C14H10BrFN2OS. The first-order valence-electron chi connectivity index (χ1n) is 5.63. The van der Waals surface area contributed by atoms with Gasteiger partial charge in [-0.05, 0) is 46.3 Å². The van der Waals surface area contributed by atoms with Gasteiger partial charge in [0.1, 0.15) is 10.8 Å². The largest absolute Gasteiger partial charge is 0.389 e. The summed E-state index contributed by atoms with van der Waals surface area (Å²) in [4.78, 5) is 12.3. The van der Waals surface area contributed by atoms with Gasteiger partial charge < -0.3 is 11.1 Å². The third kappa shape index (κ3) is 3.40. The average molecular weight is 353 g/mol. The van der Waals surface area contributed by atoms with Crippen LogP contribution >= 0.6 is 28.1 Å².